The molecule has 0 aromatic heterocycles. The van der Waals surface area contributed by atoms with Gasteiger partial charge in [-0.25, -0.2) is 8.78 Å². The zero-order valence-electron chi connectivity index (χ0n) is 8.85. The van der Waals surface area contributed by atoms with E-state index in [1.165, 1.54) is 12.8 Å². The quantitative estimate of drug-likeness (QED) is 0.802. The maximum atomic E-state index is 13.5. The minimum absolute atomic E-state index is 0.198. The van der Waals surface area contributed by atoms with Crippen molar-refractivity contribution in [2.75, 3.05) is 0 Å². The Morgan fingerprint density at radius 1 is 1.31 bits per heavy atom. The lowest BCUT2D eigenvalue weighted by Gasteiger charge is -2.13. The fourth-order valence-electron chi connectivity index (χ4n) is 1.80. The Bertz CT molecular complexity index is 391. The van der Waals surface area contributed by atoms with Gasteiger partial charge in [-0.2, -0.15) is 0 Å². The first-order chi connectivity index (χ1) is 7.58. The van der Waals surface area contributed by atoms with Gasteiger partial charge in [-0.1, -0.05) is 24.4 Å². The molecule has 0 spiro atoms. The zero-order valence-corrected chi connectivity index (χ0v) is 9.61. The number of benzene rings is 1. The monoisotopic (exact) mass is 245 g/mol. The third kappa shape index (κ3) is 2.71. The summed E-state index contributed by atoms with van der Waals surface area (Å²) in [6, 6.07) is 1.66. The lowest BCUT2D eigenvalue weighted by molar-refractivity contribution is 0.525. The molecule has 2 rings (SSSR count). The van der Waals surface area contributed by atoms with E-state index in [1.54, 1.807) is 0 Å². The van der Waals surface area contributed by atoms with Crippen molar-refractivity contribution in [3.63, 3.8) is 0 Å². The highest BCUT2D eigenvalue weighted by Crippen LogP contribution is 2.36. The van der Waals surface area contributed by atoms with Crippen LogP contribution in [0.5, 0.6) is 0 Å². The minimum Gasteiger partial charge on any atom is -0.324 e. The molecule has 16 heavy (non-hydrogen) atoms. The van der Waals surface area contributed by atoms with Crippen molar-refractivity contribution in [1.29, 1.82) is 0 Å². The van der Waals surface area contributed by atoms with E-state index < -0.39 is 17.7 Å². The van der Waals surface area contributed by atoms with E-state index in [4.69, 9.17) is 17.3 Å². The van der Waals surface area contributed by atoms with Crippen molar-refractivity contribution in [2.45, 2.75) is 31.7 Å². The van der Waals surface area contributed by atoms with Crippen LogP contribution in [0.3, 0.4) is 0 Å². The molecule has 4 heteroatoms. The van der Waals surface area contributed by atoms with Crippen LogP contribution < -0.4 is 5.73 Å². The number of halogens is 3. The van der Waals surface area contributed by atoms with Crippen LogP contribution in [0, 0.1) is 17.6 Å². The Labute approximate surface area is 98.6 Å². The second kappa shape index (κ2) is 4.68. The average Bonchev–Trinajstić information content (AvgIpc) is 3.03. The second-order valence-electron chi connectivity index (χ2n) is 4.42. The van der Waals surface area contributed by atoms with Crippen LogP contribution in [0.4, 0.5) is 8.78 Å². The summed E-state index contributed by atoms with van der Waals surface area (Å²) < 4.78 is 26.7. The third-order valence-electron chi connectivity index (χ3n) is 3.02. The molecular weight excluding hydrogens is 232 g/mol. The van der Waals surface area contributed by atoms with E-state index in [-0.39, 0.29) is 10.6 Å². The summed E-state index contributed by atoms with van der Waals surface area (Å²) >= 11 is 5.47. The molecule has 1 aliphatic rings. The predicted octanol–water partition coefficient (Wildman–Crippen LogP) is 3.81. The van der Waals surface area contributed by atoms with Crippen molar-refractivity contribution in [3.05, 3.63) is 34.4 Å². The molecule has 1 aliphatic carbocycles. The van der Waals surface area contributed by atoms with Crippen LogP contribution >= 0.6 is 11.6 Å². The molecule has 0 radical (unpaired) electrons. The molecule has 1 nitrogen and oxygen atoms in total. The fraction of sp³-hybridized carbons (Fsp3) is 0.500. The Kier molecular flexibility index (Phi) is 3.45. The van der Waals surface area contributed by atoms with Crippen molar-refractivity contribution in [1.82, 2.24) is 0 Å². The second-order valence-corrected chi connectivity index (χ2v) is 4.82. The van der Waals surface area contributed by atoms with Crippen LogP contribution in [0.2, 0.25) is 5.02 Å². The molecule has 88 valence electrons. The molecule has 1 fully saturated rings. The van der Waals surface area contributed by atoms with Gasteiger partial charge < -0.3 is 5.73 Å². The molecule has 0 bridgehead atoms. The lowest BCUT2D eigenvalue weighted by Crippen LogP contribution is -2.13. The van der Waals surface area contributed by atoms with Gasteiger partial charge in [0.2, 0.25) is 0 Å². The van der Waals surface area contributed by atoms with Crippen molar-refractivity contribution in [2.24, 2.45) is 11.7 Å². The van der Waals surface area contributed by atoms with Gasteiger partial charge >= 0.3 is 0 Å². The molecule has 1 saturated carbocycles. The highest BCUT2D eigenvalue weighted by molar-refractivity contribution is 6.30. The summed E-state index contributed by atoms with van der Waals surface area (Å²) in [5, 5.41) is -0.198. The fourth-order valence-corrected chi connectivity index (χ4v) is 1.95. The summed E-state index contributed by atoms with van der Waals surface area (Å²) in [6.45, 7) is 0. The smallest absolute Gasteiger partial charge is 0.142 e. The lowest BCUT2D eigenvalue weighted by atomic mass is 10.0. The predicted molar refractivity (Wildman–Crippen MR) is 60.3 cm³/mol. The average molecular weight is 246 g/mol. The van der Waals surface area contributed by atoms with Crippen molar-refractivity contribution < 1.29 is 8.78 Å². The highest BCUT2D eigenvalue weighted by Gasteiger charge is 2.23. The van der Waals surface area contributed by atoms with Gasteiger partial charge in [0.15, 0.2) is 0 Å². The van der Waals surface area contributed by atoms with Crippen LogP contribution in [-0.4, -0.2) is 0 Å². The van der Waals surface area contributed by atoms with Gasteiger partial charge in [-0.3, -0.25) is 0 Å². The summed E-state index contributed by atoms with van der Waals surface area (Å²) in [5.74, 6) is -0.388. The first-order valence-electron chi connectivity index (χ1n) is 5.48. The normalized spacial score (nSPS) is 17.5. The van der Waals surface area contributed by atoms with Gasteiger partial charge in [0, 0.05) is 11.6 Å². The number of hydrogen-bond donors (Lipinski definition) is 1. The van der Waals surface area contributed by atoms with Gasteiger partial charge in [-0.05, 0) is 30.9 Å². The van der Waals surface area contributed by atoms with Gasteiger partial charge in [0.05, 0.1) is 5.02 Å². The molecule has 0 amide bonds. The van der Waals surface area contributed by atoms with Crippen molar-refractivity contribution in [3.8, 4) is 0 Å². The SMILES string of the molecule is NC(CCC1CC1)c1cc(F)c(Cl)cc1F. The van der Waals surface area contributed by atoms with E-state index in [0.29, 0.717) is 6.42 Å². The summed E-state index contributed by atoms with van der Waals surface area (Å²) in [6.07, 6.45) is 4.17. The first kappa shape index (κ1) is 11.8. The standard InChI is InChI=1S/C12H14ClF2N/c13-9-6-10(14)8(5-11(9)15)12(16)4-3-7-1-2-7/h5-7,12H,1-4,16H2. The number of hydrogen-bond acceptors (Lipinski definition) is 1. The van der Waals surface area contributed by atoms with E-state index in [9.17, 15) is 8.78 Å². The van der Waals surface area contributed by atoms with Crippen LogP contribution in [0.15, 0.2) is 12.1 Å². The molecule has 1 aromatic rings. The maximum absolute atomic E-state index is 13.5. The van der Waals surface area contributed by atoms with E-state index >= 15 is 0 Å². The topological polar surface area (TPSA) is 26.0 Å². The van der Waals surface area contributed by atoms with Crippen LogP contribution in [-0.2, 0) is 0 Å². The molecule has 0 saturated heterocycles. The maximum Gasteiger partial charge on any atom is 0.142 e. The van der Waals surface area contributed by atoms with E-state index in [2.05, 4.69) is 0 Å². The Morgan fingerprint density at radius 3 is 2.62 bits per heavy atom. The molecular formula is C12H14ClF2N. The van der Waals surface area contributed by atoms with Crippen molar-refractivity contribution >= 4 is 11.6 Å². The van der Waals surface area contributed by atoms with Gasteiger partial charge in [0.25, 0.3) is 0 Å². The van der Waals surface area contributed by atoms with E-state index in [0.717, 1.165) is 24.5 Å². The summed E-state index contributed by atoms with van der Waals surface area (Å²) in [4.78, 5) is 0. The minimum atomic E-state index is -0.611. The van der Waals surface area contributed by atoms with Gasteiger partial charge in [0.1, 0.15) is 11.6 Å². The number of rotatable bonds is 4. The summed E-state index contributed by atoms with van der Waals surface area (Å²) in [5.41, 5.74) is 6.07. The summed E-state index contributed by atoms with van der Waals surface area (Å²) in [7, 11) is 0. The Hall–Kier alpha value is -0.670. The molecule has 1 unspecified atom stereocenters. The first-order valence-corrected chi connectivity index (χ1v) is 5.85. The number of nitrogens with two attached hydrogens (primary N) is 1. The zero-order chi connectivity index (χ0) is 11.7. The molecule has 0 heterocycles. The van der Waals surface area contributed by atoms with Gasteiger partial charge in [-0.15, -0.1) is 0 Å². The van der Waals surface area contributed by atoms with Crippen LogP contribution in [0.25, 0.3) is 0 Å². The molecule has 0 aliphatic heterocycles. The molecule has 1 aromatic carbocycles. The third-order valence-corrected chi connectivity index (χ3v) is 3.31. The molecule has 1 atom stereocenters. The van der Waals surface area contributed by atoms with Crippen LogP contribution in [0.1, 0.15) is 37.3 Å². The Morgan fingerprint density at radius 2 is 2.00 bits per heavy atom. The van der Waals surface area contributed by atoms with E-state index in [1.807, 2.05) is 0 Å². The largest absolute Gasteiger partial charge is 0.324 e. The Balaban J connectivity index is 2.08. The molecule has 2 N–H and O–H groups in total. The highest BCUT2D eigenvalue weighted by atomic mass is 35.5.